The van der Waals surface area contributed by atoms with Crippen LogP contribution in [0.3, 0.4) is 0 Å². The summed E-state index contributed by atoms with van der Waals surface area (Å²) < 4.78 is 16.6. The van der Waals surface area contributed by atoms with E-state index in [0.717, 1.165) is 33.4 Å². The SMILES string of the molecule is C=CC(=O)Oc1c2ccccc2c(OCCOC)c2ccccc12. The molecule has 0 unspecified atom stereocenters. The fourth-order valence-corrected chi connectivity index (χ4v) is 2.68. The first-order valence-electron chi connectivity index (χ1n) is 7.65. The van der Waals surface area contributed by atoms with E-state index in [0.29, 0.717) is 19.0 Å². The highest BCUT2D eigenvalue weighted by atomic mass is 16.5. The van der Waals surface area contributed by atoms with Crippen LogP contribution in [0, 0.1) is 0 Å². The molecule has 0 saturated carbocycles. The molecule has 0 heterocycles. The first kappa shape index (κ1) is 16.0. The molecule has 0 fully saturated rings. The van der Waals surface area contributed by atoms with Gasteiger partial charge in [-0.3, -0.25) is 0 Å². The molecule has 0 radical (unpaired) electrons. The lowest BCUT2D eigenvalue weighted by atomic mass is 10.0. The van der Waals surface area contributed by atoms with Gasteiger partial charge in [-0.1, -0.05) is 55.1 Å². The second-order valence-electron chi connectivity index (χ2n) is 5.22. The minimum atomic E-state index is -0.488. The molecule has 0 amide bonds. The van der Waals surface area contributed by atoms with Crippen LogP contribution in [0.4, 0.5) is 0 Å². The topological polar surface area (TPSA) is 44.8 Å². The van der Waals surface area contributed by atoms with Gasteiger partial charge < -0.3 is 14.2 Å². The molecule has 0 saturated heterocycles. The third kappa shape index (κ3) is 2.96. The van der Waals surface area contributed by atoms with Crippen LogP contribution in [0.2, 0.25) is 0 Å². The number of rotatable bonds is 6. The Morgan fingerprint density at radius 2 is 1.42 bits per heavy atom. The van der Waals surface area contributed by atoms with E-state index in [1.807, 2.05) is 48.5 Å². The third-order valence-electron chi connectivity index (χ3n) is 3.74. The third-order valence-corrected chi connectivity index (χ3v) is 3.74. The Hall–Kier alpha value is -2.85. The predicted octanol–water partition coefficient (Wildman–Crippen LogP) is 4.11. The summed E-state index contributed by atoms with van der Waals surface area (Å²) >= 11 is 0. The number of fused-ring (bicyclic) bond motifs is 2. The molecule has 0 N–H and O–H groups in total. The van der Waals surface area contributed by atoms with Gasteiger partial charge in [-0.05, 0) is 0 Å². The average molecular weight is 322 g/mol. The molecule has 0 bridgehead atoms. The minimum absolute atomic E-state index is 0.441. The standard InChI is InChI=1S/C20H18O4/c1-3-18(21)24-20-16-10-6-4-8-14(16)19(23-13-12-22-2)15-9-5-7-11-17(15)20/h3-11H,1,12-13H2,2H3. The van der Waals surface area contributed by atoms with Gasteiger partial charge in [-0.25, -0.2) is 4.79 Å². The van der Waals surface area contributed by atoms with Gasteiger partial charge in [0, 0.05) is 34.7 Å². The normalized spacial score (nSPS) is 10.7. The molecule has 0 aliphatic carbocycles. The summed E-state index contributed by atoms with van der Waals surface area (Å²) in [6, 6.07) is 15.4. The minimum Gasteiger partial charge on any atom is -0.490 e. The molecule has 24 heavy (non-hydrogen) atoms. The maximum Gasteiger partial charge on any atom is 0.335 e. The van der Waals surface area contributed by atoms with Crippen LogP contribution in [0.5, 0.6) is 11.5 Å². The van der Waals surface area contributed by atoms with E-state index in [9.17, 15) is 4.79 Å². The van der Waals surface area contributed by atoms with Gasteiger partial charge in [0.05, 0.1) is 6.61 Å². The van der Waals surface area contributed by atoms with Crippen LogP contribution in [0.25, 0.3) is 21.5 Å². The summed E-state index contributed by atoms with van der Waals surface area (Å²) in [6.45, 7) is 4.41. The molecule has 0 atom stereocenters. The van der Waals surface area contributed by atoms with Crippen molar-refractivity contribution in [2.45, 2.75) is 0 Å². The van der Waals surface area contributed by atoms with Gasteiger partial charge in [-0.2, -0.15) is 0 Å². The highest BCUT2D eigenvalue weighted by Crippen LogP contribution is 2.42. The van der Waals surface area contributed by atoms with Crippen LogP contribution in [0.15, 0.2) is 61.2 Å². The van der Waals surface area contributed by atoms with E-state index in [1.54, 1.807) is 7.11 Å². The fraction of sp³-hybridized carbons (Fsp3) is 0.150. The molecule has 0 aliphatic rings. The van der Waals surface area contributed by atoms with Crippen molar-refractivity contribution in [2.75, 3.05) is 20.3 Å². The number of esters is 1. The fourth-order valence-electron chi connectivity index (χ4n) is 2.68. The van der Waals surface area contributed by atoms with Crippen LogP contribution in [-0.4, -0.2) is 26.3 Å². The van der Waals surface area contributed by atoms with E-state index in [2.05, 4.69) is 6.58 Å². The first-order valence-corrected chi connectivity index (χ1v) is 7.65. The average Bonchev–Trinajstić information content (AvgIpc) is 2.63. The van der Waals surface area contributed by atoms with Gasteiger partial charge in [-0.15, -0.1) is 0 Å². The van der Waals surface area contributed by atoms with Crippen molar-refractivity contribution in [3.05, 3.63) is 61.2 Å². The Morgan fingerprint density at radius 3 is 1.88 bits per heavy atom. The molecular formula is C20H18O4. The zero-order chi connectivity index (χ0) is 16.9. The van der Waals surface area contributed by atoms with Gasteiger partial charge in [0.1, 0.15) is 18.1 Å². The quantitative estimate of drug-likeness (QED) is 0.225. The molecule has 0 aromatic heterocycles. The van der Waals surface area contributed by atoms with Gasteiger partial charge in [0.25, 0.3) is 0 Å². The number of benzene rings is 3. The maximum atomic E-state index is 11.8. The number of carbonyl (C=O) groups is 1. The van der Waals surface area contributed by atoms with Crippen molar-refractivity contribution in [2.24, 2.45) is 0 Å². The lowest BCUT2D eigenvalue weighted by molar-refractivity contribution is -0.128. The largest absolute Gasteiger partial charge is 0.490 e. The molecule has 0 aliphatic heterocycles. The number of ether oxygens (including phenoxy) is 3. The van der Waals surface area contributed by atoms with Gasteiger partial charge in [0.2, 0.25) is 0 Å². The Bertz CT molecular complexity index is 842. The molecule has 0 spiro atoms. The highest BCUT2D eigenvalue weighted by Gasteiger charge is 2.17. The first-order chi connectivity index (χ1) is 11.8. The summed E-state index contributed by atoms with van der Waals surface area (Å²) in [5, 5.41) is 3.41. The smallest absolute Gasteiger partial charge is 0.335 e. The Kier molecular flexibility index (Phi) is 4.77. The van der Waals surface area contributed by atoms with Crippen molar-refractivity contribution in [1.29, 1.82) is 0 Å². The summed E-state index contributed by atoms with van der Waals surface area (Å²) in [7, 11) is 1.64. The van der Waals surface area contributed by atoms with E-state index >= 15 is 0 Å². The van der Waals surface area contributed by atoms with Crippen molar-refractivity contribution in [3.8, 4) is 11.5 Å². The van der Waals surface area contributed by atoms with Crippen molar-refractivity contribution in [1.82, 2.24) is 0 Å². The molecule has 122 valence electrons. The van der Waals surface area contributed by atoms with E-state index in [1.165, 1.54) is 0 Å². The van der Waals surface area contributed by atoms with Gasteiger partial charge in [0.15, 0.2) is 0 Å². The van der Waals surface area contributed by atoms with Crippen LogP contribution < -0.4 is 9.47 Å². The molecular weight excluding hydrogens is 304 g/mol. The summed E-state index contributed by atoms with van der Waals surface area (Å²) in [6.07, 6.45) is 1.16. The number of carbonyl (C=O) groups excluding carboxylic acids is 1. The monoisotopic (exact) mass is 322 g/mol. The second-order valence-corrected chi connectivity index (χ2v) is 5.22. The molecule has 4 nitrogen and oxygen atoms in total. The number of hydrogen-bond acceptors (Lipinski definition) is 4. The van der Waals surface area contributed by atoms with Crippen molar-refractivity contribution >= 4 is 27.5 Å². The zero-order valence-electron chi connectivity index (χ0n) is 13.5. The van der Waals surface area contributed by atoms with Crippen molar-refractivity contribution in [3.63, 3.8) is 0 Å². The Morgan fingerprint density at radius 1 is 0.917 bits per heavy atom. The summed E-state index contributed by atoms with van der Waals surface area (Å²) in [5.41, 5.74) is 0. The summed E-state index contributed by atoms with van der Waals surface area (Å²) in [5.74, 6) is 0.792. The maximum absolute atomic E-state index is 11.8. The molecule has 4 heteroatoms. The second kappa shape index (κ2) is 7.15. The Balaban J connectivity index is 2.28. The lowest BCUT2D eigenvalue weighted by Crippen LogP contribution is -2.07. The van der Waals surface area contributed by atoms with E-state index in [-0.39, 0.29) is 0 Å². The molecule has 3 rings (SSSR count). The van der Waals surface area contributed by atoms with E-state index < -0.39 is 5.97 Å². The van der Waals surface area contributed by atoms with Crippen LogP contribution in [-0.2, 0) is 9.53 Å². The molecule has 3 aromatic rings. The molecule has 3 aromatic carbocycles. The zero-order valence-corrected chi connectivity index (χ0v) is 13.5. The number of methoxy groups -OCH3 is 1. The van der Waals surface area contributed by atoms with Crippen molar-refractivity contribution < 1.29 is 19.0 Å². The predicted molar refractivity (Wildman–Crippen MR) is 94.7 cm³/mol. The van der Waals surface area contributed by atoms with Gasteiger partial charge >= 0.3 is 5.97 Å². The number of hydrogen-bond donors (Lipinski definition) is 0. The Labute approximate surface area is 140 Å². The lowest BCUT2D eigenvalue weighted by Gasteiger charge is -2.16. The van der Waals surface area contributed by atoms with E-state index in [4.69, 9.17) is 14.2 Å². The summed E-state index contributed by atoms with van der Waals surface area (Å²) in [4.78, 5) is 11.8. The highest BCUT2D eigenvalue weighted by molar-refractivity contribution is 6.12. The van der Waals surface area contributed by atoms with Crippen LogP contribution >= 0.6 is 0 Å². The van der Waals surface area contributed by atoms with Crippen LogP contribution in [0.1, 0.15) is 0 Å².